The third kappa shape index (κ3) is 5.35. The van der Waals surface area contributed by atoms with Crippen LogP contribution in [0.5, 0.6) is 0 Å². The van der Waals surface area contributed by atoms with Gasteiger partial charge in [-0.2, -0.15) is 11.8 Å². The molecular formula is C15H27N3S2. The Morgan fingerprint density at radius 1 is 1.40 bits per heavy atom. The second-order valence-electron chi connectivity index (χ2n) is 6.40. The average molecular weight is 314 g/mol. The molecule has 0 amide bonds. The number of thiazole rings is 1. The van der Waals surface area contributed by atoms with Gasteiger partial charge in [0.15, 0.2) is 0 Å². The van der Waals surface area contributed by atoms with Gasteiger partial charge in [-0.3, -0.25) is 4.90 Å². The molecule has 0 saturated carbocycles. The second-order valence-corrected chi connectivity index (χ2v) is 9.15. The molecule has 1 fully saturated rings. The number of hydrogen-bond donors (Lipinski definition) is 1. The highest BCUT2D eigenvalue weighted by Gasteiger charge is 2.23. The van der Waals surface area contributed by atoms with Gasteiger partial charge in [-0.15, -0.1) is 11.3 Å². The van der Waals surface area contributed by atoms with E-state index in [4.69, 9.17) is 4.98 Å². The number of nitrogens with one attached hydrogen (secondary N) is 1. The molecule has 0 bridgehead atoms. The van der Waals surface area contributed by atoms with E-state index in [-0.39, 0.29) is 0 Å². The van der Waals surface area contributed by atoms with E-state index in [0.29, 0.717) is 10.8 Å². The SMILES string of the molecule is CC(C)NCc1nc(CN2CCSC(C)(C)CC2)cs1. The van der Waals surface area contributed by atoms with Crippen LogP contribution in [-0.4, -0.2) is 39.5 Å². The highest BCUT2D eigenvalue weighted by Crippen LogP contribution is 2.31. The molecule has 2 heterocycles. The van der Waals surface area contributed by atoms with Gasteiger partial charge in [0.2, 0.25) is 0 Å². The average Bonchev–Trinajstić information content (AvgIpc) is 2.73. The maximum Gasteiger partial charge on any atom is 0.107 e. The van der Waals surface area contributed by atoms with Gasteiger partial charge >= 0.3 is 0 Å². The van der Waals surface area contributed by atoms with Gasteiger partial charge in [-0.1, -0.05) is 27.7 Å². The van der Waals surface area contributed by atoms with Crippen molar-refractivity contribution in [3.63, 3.8) is 0 Å². The third-order valence-corrected chi connectivity index (χ3v) is 5.85. The fraction of sp³-hybridized carbons (Fsp3) is 0.800. The van der Waals surface area contributed by atoms with Gasteiger partial charge in [0.25, 0.3) is 0 Å². The molecule has 3 nitrogen and oxygen atoms in total. The first-order valence-corrected chi connectivity index (χ1v) is 9.34. The quantitative estimate of drug-likeness (QED) is 0.902. The summed E-state index contributed by atoms with van der Waals surface area (Å²) >= 11 is 3.88. The van der Waals surface area contributed by atoms with Crippen molar-refractivity contribution in [1.82, 2.24) is 15.2 Å². The van der Waals surface area contributed by atoms with E-state index in [2.05, 4.69) is 55.1 Å². The summed E-state index contributed by atoms with van der Waals surface area (Å²) in [6.07, 6.45) is 1.27. The lowest BCUT2D eigenvalue weighted by molar-refractivity contribution is 0.273. The van der Waals surface area contributed by atoms with Crippen LogP contribution in [0.3, 0.4) is 0 Å². The van der Waals surface area contributed by atoms with Crippen LogP contribution in [0.4, 0.5) is 0 Å². The number of hydrogen-bond acceptors (Lipinski definition) is 5. The van der Waals surface area contributed by atoms with Crippen molar-refractivity contribution >= 4 is 23.1 Å². The van der Waals surface area contributed by atoms with Crippen LogP contribution in [0, 0.1) is 0 Å². The van der Waals surface area contributed by atoms with E-state index in [1.165, 1.54) is 36.0 Å². The topological polar surface area (TPSA) is 28.2 Å². The van der Waals surface area contributed by atoms with E-state index < -0.39 is 0 Å². The largest absolute Gasteiger partial charge is 0.308 e. The molecule has 0 unspecified atom stereocenters. The van der Waals surface area contributed by atoms with E-state index in [0.717, 1.165) is 13.1 Å². The van der Waals surface area contributed by atoms with Crippen LogP contribution in [0.2, 0.25) is 0 Å². The molecule has 20 heavy (non-hydrogen) atoms. The number of thioether (sulfide) groups is 1. The predicted octanol–water partition coefficient (Wildman–Crippen LogP) is 3.36. The molecule has 0 radical (unpaired) electrons. The summed E-state index contributed by atoms with van der Waals surface area (Å²) in [6.45, 7) is 13.3. The Morgan fingerprint density at radius 2 is 2.20 bits per heavy atom. The lowest BCUT2D eigenvalue weighted by Crippen LogP contribution is -2.27. The van der Waals surface area contributed by atoms with Crippen LogP contribution in [0.15, 0.2) is 5.38 Å². The van der Waals surface area contributed by atoms with Gasteiger partial charge in [-0.05, 0) is 13.0 Å². The van der Waals surface area contributed by atoms with E-state index >= 15 is 0 Å². The Kier molecular flexibility index (Phi) is 5.90. The molecule has 114 valence electrons. The van der Waals surface area contributed by atoms with Crippen molar-refractivity contribution in [3.05, 3.63) is 16.1 Å². The van der Waals surface area contributed by atoms with E-state index in [1.54, 1.807) is 11.3 Å². The molecule has 0 atom stereocenters. The zero-order chi connectivity index (χ0) is 14.6. The highest BCUT2D eigenvalue weighted by atomic mass is 32.2. The zero-order valence-electron chi connectivity index (χ0n) is 13.1. The van der Waals surface area contributed by atoms with Crippen LogP contribution < -0.4 is 5.32 Å². The Balaban J connectivity index is 1.84. The lowest BCUT2D eigenvalue weighted by Gasteiger charge is -2.22. The summed E-state index contributed by atoms with van der Waals surface area (Å²) in [4.78, 5) is 7.30. The third-order valence-electron chi connectivity index (χ3n) is 3.58. The Hall–Kier alpha value is -0.100. The molecule has 0 aromatic carbocycles. The zero-order valence-corrected chi connectivity index (χ0v) is 14.7. The van der Waals surface area contributed by atoms with E-state index in [1.807, 2.05) is 0 Å². The van der Waals surface area contributed by atoms with Gasteiger partial charge in [0.05, 0.1) is 5.69 Å². The van der Waals surface area contributed by atoms with Crippen LogP contribution >= 0.6 is 23.1 Å². The molecule has 0 aliphatic carbocycles. The molecule has 0 spiro atoms. The summed E-state index contributed by atoms with van der Waals surface area (Å²) < 4.78 is 0.434. The van der Waals surface area contributed by atoms with Gasteiger partial charge in [0.1, 0.15) is 5.01 Å². The molecule has 5 heteroatoms. The first kappa shape index (κ1) is 16.3. The Morgan fingerprint density at radius 3 is 2.95 bits per heavy atom. The molecule has 1 N–H and O–H groups in total. The Labute approximate surface area is 131 Å². The summed E-state index contributed by atoms with van der Waals surface area (Å²) in [6, 6.07) is 0.521. The number of nitrogens with zero attached hydrogens (tertiary/aromatic N) is 2. The molecule has 1 aromatic heterocycles. The fourth-order valence-electron chi connectivity index (χ4n) is 2.24. The molecular weight excluding hydrogens is 286 g/mol. The monoisotopic (exact) mass is 313 g/mol. The maximum atomic E-state index is 4.75. The minimum Gasteiger partial charge on any atom is -0.308 e. The summed E-state index contributed by atoms with van der Waals surface area (Å²) in [5.41, 5.74) is 1.24. The first-order chi connectivity index (χ1) is 9.44. The minimum atomic E-state index is 0.434. The smallest absolute Gasteiger partial charge is 0.107 e. The molecule has 1 aliphatic heterocycles. The van der Waals surface area contributed by atoms with Crippen LogP contribution in [0.1, 0.15) is 44.8 Å². The normalized spacial score (nSPS) is 20.2. The van der Waals surface area contributed by atoms with Crippen molar-refractivity contribution in [2.24, 2.45) is 0 Å². The maximum absolute atomic E-state index is 4.75. The molecule has 1 aromatic rings. The minimum absolute atomic E-state index is 0.434. The summed E-state index contributed by atoms with van der Waals surface area (Å²) in [5.74, 6) is 1.24. The van der Waals surface area contributed by atoms with Crippen LogP contribution in [-0.2, 0) is 13.1 Å². The summed E-state index contributed by atoms with van der Waals surface area (Å²) in [5, 5.41) is 6.86. The van der Waals surface area contributed by atoms with Gasteiger partial charge in [0, 0.05) is 41.6 Å². The van der Waals surface area contributed by atoms with Crippen molar-refractivity contribution in [3.8, 4) is 0 Å². The van der Waals surface area contributed by atoms with Crippen molar-refractivity contribution in [2.45, 2.75) is 58.0 Å². The van der Waals surface area contributed by atoms with Crippen LogP contribution in [0.25, 0.3) is 0 Å². The highest BCUT2D eigenvalue weighted by molar-refractivity contribution is 8.00. The number of rotatable bonds is 5. The van der Waals surface area contributed by atoms with Crippen molar-refractivity contribution in [1.29, 1.82) is 0 Å². The predicted molar refractivity (Wildman–Crippen MR) is 90.5 cm³/mol. The molecule has 2 rings (SSSR count). The van der Waals surface area contributed by atoms with Gasteiger partial charge < -0.3 is 5.32 Å². The standard InChI is InChI=1S/C15H27N3S2/c1-12(2)16-9-14-17-13(11-19-14)10-18-6-5-15(3,4)20-8-7-18/h11-12,16H,5-10H2,1-4H3. The van der Waals surface area contributed by atoms with Crippen molar-refractivity contribution < 1.29 is 0 Å². The van der Waals surface area contributed by atoms with E-state index in [9.17, 15) is 0 Å². The molecule has 1 saturated heterocycles. The van der Waals surface area contributed by atoms with Gasteiger partial charge in [-0.25, -0.2) is 4.98 Å². The van der Waals surface area contributed by atoms with Crippen molar-refractivity contribution in [2.75, 3.05) is 18.8 Å². The summed E-state index contributed by atoms with van der Waals surface area (Å²) in [7, 11) is 0. The fourth-order valence-corrected chi connectivity index (χ4v) is 4.12. The number of aromatic nitrogens is 1. The Bertz CT molecular complexity index is 415. The second kappa shape index (κ2) is 7.25. The molecule has 1 aliphatic rings. The lowest BCUT2D eigenvalue weighted by atomic mass is 10.1. The first-order valence-electron chi connectivity index (χ1n) is 7.47.